The molecule has 2 fully saturated rings. The van der Waals surface area contributed by atoms with Crippen molar-refractivity contribution < 1.29 is 4.79 Å². The van der Waals surface area contributed by atoms with Gasteiger partial charge >= 0.3 is 0 Å². The van der Waals surface area contributed by atoms with Gasteiger partial charge in [-0.3, -0.25) is 9.69 Å². The Balaban J connectivity index is 0.00000225. The number of nitrogens with zero attached hydrogens (tertiary/aromatic N) is 2. The summed E-state index contributed by atoms with van der Waals surface area (Å²) < 4.78 is 0. The van der Waals surface area contributed by atoms with Crippen LogP contribution in [0.3, 0.4) is 0 Å². The molecule has 1 heterocycles. The molecular weight excluding hydrogens is 334 g/mol. The van der Waals surface area contributed by atoms with E-state index in [1.165, 1.54) is 37.7 Å². The van der Waals surface area contributed by atoms with Crippen LogP contribution >= 0.6 is 12.4 Å². The fraction of sp³-hybridized carbons (Fsp3) is 0.650. The van der Waals surface area contributed by atoms with E-state index in [-0.39, 0.29) is 18.3 Å². The van der Waals surface area contributed by atoms with E-state index < -0.39 is 0 Å². The van der Waals surface area contributed by atoms with Crippen LogP contribution < -0.4 is 5.73 Å². The average Bonchev–Trinajstić information content (AvgIpc) is 3.05. The number of benzene rings is 1. The van der Waals surface area contributed by atoms with E-state index in [1.54, 1.807) is 0 Å². The highest BCUT2D eigenvalue weighted by Gasteiger charge is 2.34. The highest BCUT2D eigenvalue weighted by atomic mass is 35.5. The summed E-state index contributed by atoms with van der Waals surface area (Å²) in [7, 11) is 1.99. The number of rotatable bonds is 5. The topological polar surface area (TPSA) is 49.6 Å². The molecule has 3 rings (SSSR count). The van der Waals surface area contributed by atoms with Crippen molar-refractivity contribution in [1.82, 2.24) is 9.80 Å². The zero-order valence-corrected chi connectivity index (χ0v) is 16.1. The van der Waals surface area contributed by atoms with E-state index in [0.29, 0.717) is 31.0 Å². The summed E-state index contributed by atoms with van der Waals surface area (Å²) in [5.41, 5.74) is 7.36. The molecule has 1 amide bonds. The zero-order valence-electron chi connectivity index (χ0n) is 15.3. The summed E-state index contributed by atoms with van der Waals surface area (Å²) in [6.45, 7) is 3.09. The van der Waals surface area contributed by atoms with Crippen LogP contribution in [0.1, 0.15) is 43.6 Å². The van der Waals surface area contributed by atoms with Gasteiger partial charge in [-0.2, -0.15) is 0 Å². The van der Waals surface area contributed by atoms with Crippen LogP contribution in [0.25, 0.3) is 0 Å². The first-order valence-electron chi connectivity index (χ1n) is 9.42. The molecule has 0 spiro atoms. The summed E-state index contributed by atoms with van der Waals surface area (Å²) in [5, 5.41) is 0. The first-order valence-corrected chi connectivity index (χ1v) is 9.42. The average molecular weight is 366 g/mol. The first-order chi connectivity index (χ1) is 11.7. The third-order valence-electron chi connectivity index (χ3n) is 5.92. The standard InChI is InChI=1S/C20H31N3O.ClH/c1-22(18-10-6-3-7-11-18)20(24)15-23-13-17(12-21)19(14-23)16-8-4-2-5-9-16;/h2,4-5,8-9,17-19H,3,6-7,10-15,21H2,1H3;1H/t17-,19+;/m1./s1. The lowest BCUT2D eigenvalue weighted by Crippen LogP contribution is -2.43. The Hall–Kier alpha value is -1.10. The van der Waals surface area contributed by atoms with Crippen molar-refractivity contribution in [2.45, 2.75) is 44.1 Å². The van der Waals surface area contributed by atoms with Crippen LogP contribution in [0.2, 0.25) is 0 Å². The SMILES string of the molecule is CN(C(=O)CN1C[C@@H](CN)[C@H](c2ccccc2)C1)C1CCCCC1.Cl. The minimum Gasteiger partial charge on any atom is -0.342 e. The fourth-order valence-corrected chi connectivity index (χ4v) is 4.38. The molecule has 1 aromatic carbocycles. The van der Waals surface area contributed by atoms with E-state index in [4.69, 9.17) is 5.73 Å². The maximum Gasteiger partial charge on any atom is 0.236 e. The predicted molar refractivity (Wildman–Crippen MR) is 105 cm³/mol. The number of carbonyl (C=O) groups excluding carboxylic acids is 1. The van der Waals surface area contributed by atoms with Crippen molar-refractivity contribution in [3.05, 3.63) is 35.9 Å². The number of carbonyl (C=O) groups is 1. The minimum absolute atomic E-state index is 0. The van der Waals surface area contributed by atoms with Gasteiger partial charge in [-0.05, 0) is 30.9 Å². The Labute approximate surface area is 158 Å². The van der Waals surface area contributed by atoms with Gasteiger partial charge in [-0.15, -0.1) is 12.4 Å². The molecule has 1 aliphatic carbocycles. The number of halogens is 1. The summed E-state index contributed by atoms with van der Waals surface area (Å²) in [5.74, 6) is 1.16. The van der Waals surface area contributed by atoms with Gasteiger partial charge in [-0.1, -0.05) is 49.6 Å². The van der Waals surface area contributed by atoms with E-state index in [9.17, 15) is 4.79 Å². The lowest BCUT2D eigenvalue weighted by molar-refractivity contribution is -0.133. The first kappa shape index (κ1) is 20.2. The molecule has 4 nitrogen and oxygen atoms in total. The maximum absolute atomic E-state index is 12.7. The van der Waals surface area contributed by atoms with E-state index >= 15 is 0 Å². The van der Waals surface area contributed by atoms with Crippen LogP contribution in [0.15, 0.2) is 30.3 Å². The van der Waals surface area contributed by atoms with Gasteiger partial charge in [0, 0.05) is 32.1 Å². The van der Waals surface area contributed by atoms with Crippen molar-refractivity contribution >= 4 is 18.3 Å². The minimum atomic E-state index is 0. The quantitative estimate of drug-likeness (QED) is 0.872. The second-order valence-electron chi connectivity index (χ2n) is 7.50. The molecule has 0 bridgehead atoms. The number of likely N-dealkylation sites (tertiary alicyclic amines) is 1. The molecular formula is C20H32ClN3O. The zero-order chi connectivity index (χ0) is 16.9. The normalized spacial score (nSPS) is 24.7. The van der Waals surface area contributed by atoms with Crippen LogP contribution in [-0.2, 0) is 4.79 Å². The largest absolute Gasteiger partial charge is 0.342 e. The van der Waals surface area contributed by atoms with Crippen LogP contribution in [-0.4, -0.2) is 55.0 Å². The maximum atomic E-state index is 12.7. The Morgan fingerprint density at radius 3 is 2.48 bits per heavy atom. The van der Waals surface area contributed by atoms with Gasteiger partial charge in [0.1, 0.15) is 0 Å². The summed E-state index contributed by atoms with van der Waals surface area (Å²) >= 11 is 0. The van der Waals surface area contributed by atoms with Gasteiger partial charge in [0.25, 0.3) is 0 Å². The van der Waals surface area contributed by atoms with Crippen LogP contribution in [0.4, 0.5) is 0 Å². The number of hydrogen-bond donors (Lipinski definition) is 1. The molecule has 25 heavy (non-hydrogen) atoms. The molecule has 140 valence electrons. The van der Waals surface area contributed by atoms with Gasteiger partial charge in [0.05, 0.1) is 6.54 Å². The molecule has 0 aromatic heterocycles. The molecule has 1 saturated heterocycles. The Morgan fingerprint density at radius 2 is 1.84 bits per heavy atom. The number of nitrogens with two attached hydrogens (primary N) is 1. The third kappa shape index (κ3) is 4.96. The summed E-state index contributed by atoms with van der Waals surface area (Å²) in [4.78, 5) is 17.0. The number of amides is 1. The lowest BCUT2D eigenvalue weighted by atomic mass is 9.89. The molecule has 1 aromatic rings. The Bertz CT molecular complexity index is 533. The molecule has 0 radical (unpaired) electrons. The Kier molecular flexibility index (Phi) is 7.73. The van der Waals surface area contributed by atoms with E-state index in [2.05, 4.69) is 35.2 Å². The smallest absolute Gasteiger partial charge is 0.236 e. The highest BCUT2D eigenvalue weighted by molar-refractivity contribution is 5.85. The van der Waals surface area contributed by atoms with Gasteiger partial charge in [0.2, 0.25) is 5.91 Å². The van der Waals surface area contributed by atoms with Gasteiger partial charge < -0.3 is 10.6 Å². The van der Waals surface area contributed by atoms with E-state index in [0.717, 1.165) is 13.1 Å². The van der Waals surface area contributed by atoms with Crippen molar-refractivity contribution in [2.24, 2.45) is 11.7 Å². The number of hydrogen-bond acceptors (Lipinski definition) is 3. The lowest BCUT2D eigenvalue weighted by Gasteiger charge is -2.32. The Morgan fingerprint density at radius 1 is 1.16 bits per heavy atom. The summed E-state index contributed by atoms with van der Waals surface area (Å²) in [6, 6.07) is 11.1. The van der Waals surface area contributed by atoms with Crippen molar-refractivity contribution in [2.75, 3.05) is 33.2 Å². The van der Waals surface area contributed by atoms with Gasteiger partial charge in [0.15, 0.2) is 0 Å². The molecule has 1 saturated carbocycles. The van der Waals surface area contributed by atoms with Crippen molar-refractivity contribution in [3.8, 4) is 0 Å². The molecule has 0 unspecified atom stereocenters. The molecule has 1 aliphatic heterocycles. The second kappa shape index (κ2) is 9.56. The van der Waals surface area contributed by atoms with Crippen molar-refractivity contribution in [3.63, 3.8) is 0 Å². The molecule has 2 aliphatic rings. The monoisotopic (exact) mass is 365 g/mol. The highest BCUT2D eigenvalue weighted by Crippen LogP contribution is 2.32. The van der Waals surface area contributed by atoms with Gasteiger partial charge in [-0.25, -0.2) is 0 Å². The fourth-order valence-electron chi connectivity index (χ4n) is 4.38. The van der Waals surface area contributed by atoms with E-state index in [1.807, 2.05) is 11.9 Å². The second-order valence-corrected chi connectivity index (χ2v) is 7.50. The molecule has 2 atom stereocenters. The third-order valence-corrected chi connectivity index (χ3v) is 5.92. The molecule has 2 N–H and O–H groups in total. The van der Waals surface area contributed by atoms with Crippen LogP contribution in [0, 0.1) is 5.92 Å². The van der Waals surface area contributed by atoms with Crippen molar-refractivity contribution in [1.29, 1.82) is 0 Å². The predicted octanol–water partition coefficient (Wildman–Crippen LogP) is 2.87. The number of likely N-dealkylation sites (N-methyl/N-ethyl adjacent to an activating group) is 1. The van der Waals surface area contributed by atoms with Crippen LogP contribution in [0.5, 0.6) is 0 Å². The molecule has 5 heteroatoms. The summed E-state index contributed by atoms with van der Waals surface area (Å²) in [6.07, 6.45) is 6.18.